The Bertz CT molecular complexity index is 783. The summed E-state index contributed by atoms with van der Waals surface area (Å²) in [6.45, 7) is 3.89. The minimum Gasteiger partial charge on any atom is -0.394 e. The summed E-state index contributed by atoms with van der Waals surface area (Å²) < 4.78 is 0. The van der Waals surface area contributed by atoms with Gasteiger partial charge in [0, 0.05) is 12.8 Å². The first kappa shape index (κ1) is 52.1. The molecule has 0 amide bonds. The standard InChI is InChI=1S/C47H89O5P/c1-3-5-7-9-11-13-15-17-19-21-23-25-27-29-31-33-35-37-39-41-45(50)53(47(52)44(49)43-48)46(51)42-40-38-36-34-32-30-28-26-24-22-20-18-16-14-12-10-8-6-4-2/h17-20,44,47-49,52H,3-16,21-43H2,1-2H3. The second-order valence-corrected chi connectivity index (χ2v) is 18.1. The number of carbonyl (C=O) groups is 2. The van der Waals surface area contributed by atoms with Gasteiger partial charge < -0.3 is 15.3 Å². The predicted octanol–water partition coefficient (Wildman–Crippen LogP) is 14.4. The van der Waals surface area contributed by atoms with Crippen molar-refractivity contribution in [3.63, 3.8) is 0 Å². The lowest BCUT2D eigenvalue weighted by atomic mass is 10.1. The lowest BCUT2D eigenvalue weighted by molar-refractivity contribution is -0.115. The Morgan fingerprint density at radius 3 is 0.925 bits per heavy atom. The van der Waals surface area contributed by atoms with Crippen molar-refractivity contribution in [3.05, 3.63) is 24.3 Å². The van der Waals surface area contributed by atoms with Crippen LogP contribution in [-0.2, 0) is 9.59 Å². The van der Waals surface area contributed by atoms with Gasteiger partial charge in [0.1, 0.15) is 11.9 Å². The van der Waals surface area contributed by atoms with Crippen molar-refractivity contribution in [1.82, 2.24) is 0 Å². The van der Waals surface area contributed by atoms with Crippen LogP contribution < -0.4 is 0 Å². The SMILES string of the molecule is CCCCCCCCC=CCCCCCCCCCCCC(=O)P(C(=O)CCCCCCCCCCCC=CCCCCCCCC)C(O)C(O)CO. The molecule has 6 heteroatoms. The molecule has 0 aromatic heterocycles. The first-order chi connectivity index (χ1) is 26.0. The maximum atomic E-state index is 13.1. The molecule has 312 valence electrons. The zero-order valence-corrected chi connectivity index (χ0v) is 36.1. The molecule has 0 rings (SSSR count). The van der Waals surface area contributed by atoms with Gasteiger partial charge in [-0.3, -0.25) is 9.59 Å². The van der Waals surface area contributed by atoms with Crippen LogP contribution in [0.5, 0.6) is 0 Å². The van der Waals surface area contributed by atoms with Gasteiger partial charge in [-0.25, -0.2) is 0 Å². The van der Waals surface area contributed by atoms with Crippen molar-refractivity contribution in [1.29, 1.82) is 0 Å². The number of carbonyl (C=O) groups excluding carboxylic acids is 2. The van der Waals surface area contributed by atoms with E-state index in [0.29, 0.717) is 12.8 Å². The van der Waals surface area contributed by atoms with Gasteiger partial charge in [-0.05, 0) is 64.2 Å². The Hall–Kier alpha value is -0.870. The zero-order valence-electron chi connectivity index (χ0n) is 35.2. The molecule has 53 heavy (non-hydrogen) atoms. The molecule has 0 fully saturated rings. The van der Waals surface area contributed by atoms with Crippen molar-refractivity contribution in [2.24, 2.45) is 0 Å². The summed E-state index contributed by atoms with van der Waals surface area (Å²) in [7, 11) is -2.02. The molecule has 0 radical (unpaired) electrons. The highest BCUT2D eigenvalue weighted by Gasteiger charge is 2.36. The molecule has 0 aromatic rings. The summed E-state index contributed by atoms with van der Waals surface area (Å²) in [5.41, 5.74) is -0.446. The van der Waals surface area contributed by atoms with Gasteiger partial charge in [0.2, 0.25) is 0 Å². The van der Waals surface area contributed by atoms with E-state index in [1.807, 2.05) is 0 Å². The average Bonchev–Trinajstić information content (AvgIpc) is 3.16. The molecule has 2 unspecified atom stereocenters. The van der Waals surface area contributed by atoms with Crippen LogP contribution in [0.2, 0.25) is 0 Å². The smallest absolute Gasteiger partial charge is 0.164 e. The van der Waals surface area contributed by atoms with E-state index in [9.17, 15) is 24.9 Å². The molecule has 0 spiro atoms. The minimum absolute atomic E-state index is 0.223. The van der Waals surface area contributed by atoms with Crippen LogP contribution in [0.4, 0.5) is 0 Å². The van der Waals surface area contributed by atoms with Crippen molar-refractivity contribution >= 4 is 19.0 Å². The van der Waals surface area contributed by atoms with Gasteiger partial charge in [-0.15, -0.1) is 0 Å². The monoisotopic (exact) mass is 765 g/mol. The highest BCUT2D eigenvalue weighted by molar-refractivity contribution is 7.89. The van der Waals surface area contributed by atoms with Gasteiger partial charge in [0.05, 0.1) is 14.5 Å². The average molecular weight is 765 g/mol. The first-order valence-electron chi connectivity index (χ1n) is 23.1. The first-order valence-corrected chi connectivity index (χ1v) is 24.5. The van der Waals surface area contributed by atoms with Crippen molar-refractivity contribution in [2.45, 2.75) is 257 Å². The van der Waals surface area contributed by atoms with Crippen LogP contribution in [0, 0.1) is 0 Å². The Labute approximate surface area is 330 Å². The summed E-state index contributed by atoms with van der Waals surface area (Å²) in [6.07, 6.45) is 50.4. The minimum atomic E-state index is -2.02. The van der Waals surface area contributed by atoms with Gasteiger partial charge in [0.15, 0.2) is 11.0 Å². The Morgan fingerprint density at radius 2 is 0.660 bits per heavy atom. The molecular formula is C47H89O5P. The van der Waals surface area contributed by atoms with E-state index in [4.69, 9.17) is 0 Å². The van der Waals surface area contributed by atoms with E-state index in [0.717, 1.165) is 25.7 Å². The van der Waals surface area contributed by atoms with Crippen LogP contribution in [0.25, 0.3) is 0 Å². The summed E-state index contributed by atoms with van der Waals surface area (Å²) in [5.74, 6) is -1.47. The number of allylic oxidation sites excluding steroid dienone is 4. The summed E-state index contributed by atoms with van der Waals surface area (Å²) in [4.78, 5) is 26.2. The molecule has 0 bridgehead atoms. The third-order valence-corrected chi connectivity index (χ3v) is 13.0. The van der Waals surface area contributed by atoms with Crippen LogP contribution in [0.3, 0.4) is 0 Å². The molecule has 0 aliphatic heterocycles. The number of hydrogen-bond acceptors (Lipinski definition) is 5. The second kappa shape index (κ2) is 42.3. The molecular weight excluding hydrogens is 675 g/mol. The molecule has 5 nitrogen and oxygen atoms in total. The van der Waals surface area contributed by atoms with E-state index >= 15 is 0 Å². The summed E-state index contributed by atoms with van der Waals surface area (Å²) in [6, 6.07) is 0. The third-order valence-electron chi connectivity index (χ3n) is 10.6. The third kappa shape index (κ3) is 35.3. The van der Waals surface area contributed by atoms with E-state index < -0.39 is 26.5 Å². The molecule has 0 heterocycles. The fraction of sp³-hybridized carbons (Fsp3) is 0.872. The molecule has 0 aromatic carbocycles. The van der Waals surface area contributed by atoms with E-state index in [1.165, 1.54) is 180 Å². The maximum absolute atomic E-state index is 13.1. The molecule has 3 N–H and O–H groups in total. The number of hydrogen-bond donors (Lipinski definition) is 3. The molecule has 0 aliphatic carbocycles. The quantitative estimate of drug-likeness (QED) is 0.0326. The predicted molar refractivity (Wildman–Crippen MR) is 232 cm³/mol. The summed E-state index contributed by atoms with van der Waals surface area (Å²) in [5, 5.41) is 30.1. The van der Waals surface area contributed by atoms with Gasteiger partial charge in [-0.1, -0.05) is 192 Å². The van der Waals surface area contributed by atoms with Gasteiger partial charge in [0.25, 0.3) is 0 Å². The molecule has 2 atom stereocenters. The van der Waals surface area contributed by atoms with E-state index in [1.54, 1.807) is 0 Å². The van der Waals surface area contributed by atoms with Crippen molar-refractivity contribution < 1.29 is 24.9 Å². The number of aliphatic hydroxyl groups is 3. The van der Waals surface area contributed by atoms with Crippen LogP contribution in [-0.4, -0.2) is 44.9 Å². The van der Waals surface area contributed by atoms with Gasteiger partial charge >= 0.3 is 0 Å². The summed E-state index contributed by atoms with van der Waals surface area (Å²) >= 11 is 0. The van der Waals surface area contributed by atoms with Crippen LogP contribution >= 0.6 is 7.92 Å². The van der Waals surface area contributed by atoms with Gasteiger partial charge in [-0.2, -0.15) is 0 Å². The van der Waals surface area contributed by atoms with Crippen LogP contribution in [0.15, 0.2) is 24.3 Å². The highest BCUT2D eigenvalue weighted by atomic mass is 31.1. The fourth-order valence-corrected chi connectivity index (χ4v) is 9.15. The van der Waals surface area contributed by atoms with E-state index in [-0.39, 0.29) is 23.9 Å². The normalized spacial score (nSPS) is 13.7. The lowest BCUT2D eigenvalue weighted by Crippen LogP contribution is -2.31. The van der Waals surface area contributed by atoms with Crippen molar-refractivity contribution in [3.8, 4) is 0 Å². The number of unbranched alkanes of at least 4 members (excludes halogenated alkanes) is 30. The van der Waals surface area contributed by atoms with E-state index in [2.05, 4.69) is 38.2 Å². The number of aliphatic hydroxyl groups excluding tert-OH is 3. The molecule has 0 aliphatic rings. The zero-order chi connectivity index (χ0) is 38.9. The molecule has 0 saturated carbocycles. The molecule has 0 saturated heterocycles. The van der Waals surface area contributed by atoms with Crippen molar-refractivity contribution in [2.75, 3.05) is 6.61 Å². The maximum Gasteiger partial charge on any atom is 0.164 e. The number of rotatable bonds is 43. The second-order valence-electron chi connectivity index (χ2n) is 15.8. The Kier molecular flexibility index (Phi) is 41.6. The fourth-order valence-electron chi connectivity index (χ4n) is 7.05. The van der Waals surface area contributed by atoms with Crippen LogP contribution in [0.1, 0.15) is 245 Å². The Balaban J connectivity index is 3.92. The topological polar surface area (TPSA) is 94.8 Å². The lowest BCUT2D eigenvalue weighted by Gasteiger charge is -2.24. The Morgan fingerprint density at radius 1 is 0.415 bits per heavy atom. The highest BCUT2D eigenvalue weighted by Crippen LogP contribution is 2.46. The largest absolute Gasteiger partial charge is 0.394 e.